The highest BCUT2D eigenvalue weighted by Gasteiger charge is 2.22. The Labute approximate surface area is 122 Å². The Balaban J connectivity index is 2.70. The van der Waals surface area contributed by atoms with Crippen molar-refractivity contribution in [1.82, 2.24) is 15.1 Å². The largest absolute Gasteiger partial charge is 0.444 e. The Hall–Kier alpha value is -2.29. The summed E-state index contributed by atoms with van der Waals surface area (Å²) in [7, 11) is 0. The summed E-state index contributed by atoms with van der Waals surface area (Å²) in [6, 6.07) is 0. The maximum absolute atomic E-state index is 12.0. The number of Topliss-reactive ketones (excluding diaryl/α,β-unsaturated/α-hetero) is 1. The van der Waals surface area contributed by atoms with Crippen LogP contribution in [0.15, 0.2) is 0 Å². The zero-order chi connectivity index (χ0) is 16.2. The molecule has 6 N–H and O–H groups in total. The summed E-state index contributed by atoms with van der Waals surface area (Å²) in [6.45, 7) is 4.77. The fraction of sp³-hybridized carbons (Fsp3) is 0.583. The van der Waals surface area contributed by atoms with Gasteiger partial charge in [0.15, 0.2) is 11.6 Å². The Morgan fingerprint density at radius 1 is 1.38 bits per heavy atom. The number of nitrogens with zero attached hydrogens (tertiary/aromatic N) is 2. The monoisotopic (exact) mass is 299 g/mol. The molecule has 0 aliphatic heterocycles. The maximum Gasteiger partial charge on any atom is 0.408 e. The first-order valence-electron chi connectivity index (χ1n) is 6.38. The number of nitrogens with two attached hydrogens (primary N) is 2. The van der Waals surface area contributed by atoms with Gasteiger partial charge in [-0.3, -0.25) is 4.79 Å². The van der Waals surface area contributed by atoms with Gasteiger partial charge >= 0.3 is 6.09 Å². The van der Waals surface area contributed by atoms with E-state index < -0.39 is 17.5 Å². The van der Waals surface area contributed by atoms with Crippen molar-refractivity contribution in [1.29, 1.82) is 0 Å². The van der Waals surface area contributed by atoms with Crippen molar-refractivity contribution < 1.29 is 19.4 Å². The Kier molecular flexibility index (Phi) is 5.14. The molecule has 0 aliphatic carbocycles. The van der Waals surface area contributed by atoms with Gasteiger partial charge in [0.25, 0.3) is 0 Å². The minimum Gasteiger partial charge on any atom is -0.444 e. The number of alkyl carbamates (subject to hydrolysis) is 1. The number of nitrogen functional groups attached to an aromatic ring is 2. The number of carbonyl (C=O) groups is 2. The molecule has 0 aliphatic rings. The summed E-state index contributed by atoms with van der Waals surface area (Å²) in [5.41, 5.74) is 10.7. The first-order chi connectivity index (χ1) is 9.65. The van der Waals surface area contributed by atoms with Crippen molar-refractivity contribution >= 4 is 23.5 Å². The minimum absolute atomic E-state index is 0.0273. The molecule has 1 heterocycles. The maximum atomic E-state index is 12.0. The molecule has 1 amide bonds. The molecule has 0 unspecified atom stereocenters. The summed E-state index contributed by atoms with van der Waals surface area (Å²) in [5.74, 6) is -0.477. The second-order valence-electron chi connectivity index (χ2n) is 5.37. The summed E-state index contributed by atoms with van der Waals surface area (Å²) in [4.78, 5) is 23.5. The van der Waals surface area contributed by atoms with Gasteiger partial charge in [0.2, 0.25) is 0 Å². The number of aromatic nitrogens is 2. The minimum atomic E-state index is -0.712. The van der Waals surface area contributed by atoms with E-state index in [-0.39, 0.29) is 36.9 Å². The van der Waals surface area contributed by atoms with Crippen LogP contribution in [0.1, 0.15) is 31.1 Å². The lowest BCUT2D eigenvalue weighted by Crippen LogP contribution is -2.35. The van der Waals surface area contributed by atoms with Gasteiger partial charge in [-0.25, -0.2) is 9.48 Å². The number of anilines is 2. The molecular weight excluding hydrogens is 278 g/mol. The second-order valence-corrected chi connectivity index (χ2v) is 5.37. The number of aliphatic hydroxyl groups excluding tert-OH is 1. The molecule has 1 rings (SSSR count). The van der Waals surface area contributed by atoms with Crippen LogP contribution in [0.25, 0.3) is 0 Å². The van der Waals surface area contributed by atoms with E-state index >= 15 is 0 Å². The van der Waals surface area contributed by atoms with E-state index in [0.29, 0.717) is 0 Å². The topological polar surface area (TPSA) is 145 Å². The molecule has 0 aromatic carbocycles. The Morgan fingerprint density at radius 3 is 2.52 bits per heavy atom. The number of nitrogens with one attached hydrogen (secondary N) is 1. The van der Waals surface area contributed by atoms with Crippen LogP contribution < -0.4 is 16.8 Å². The van der Waals surface area contributed by atoms with Crippen LogP contribution in [0.3, 0.4) is 0 Å². The molecule has 0 fully saturated rings. The van der Waals surface area contributed by atoms with E-state index in [1.165, 1.54) is 4.68 Å². The molecule has 1 aromatic rings. The first kappa shape index (κ1) is 16.8. The Bertz CT molecular complexity index is 532. The summed E-state index contributed by atoms with van der Waals surface area (Å²) < 4.78 is 6.24. The molecule has 0 spiro atoms. The van der Waals surface area contributed by atoms with Crippen molar-refractivity contribution in [2.75, 3.05) is 24.6 Å². The van der Waals surface area contributed by atoms with E-state index in [1.54, 1.807) is 20.8 Å². The number of hydrogen-bond donors (Lipinski definition) is 4. The lowest BCUT2D eigenvalue weighted by molar-refractivity contribution is 0.0520. The predicted octanol–water partition coefficient (Wildman–Crippen LogP) is -0.253. The molecule has 0 atom stereocenters. The van der Waals surface area contributed by atoms with Gasteiger partial charge in [-0.05, 0) is 20.8 Å². The third-order valence-corrected chi connectivity index (χ3v) is 2.40. The van der Waals surface area contributed by atoms with Gasteiger partial charge in [-0.2, -0.15) is 5.10 Å². The molecule has 118 valence electrons. The SMILES string of the molecule is CC(C)(C)OC(=O)NCC(=O)c1c(N)nn(CCO)c1N. The number of hydrogen-bond acceptors (Lipinski definition) is 7. The van der Waals surface area contributed by atoms with Crippen LogP contribution >= 0.6 is 0 Å². The molecule has 0 saturated carbocycles. The van der Waals surface area contributed by atoms with Crippen LogP contribution in [0.5, 0.6) is 0 Å². The average Bonchev–Trinajstić information content (AvgIpc) is 2.60. The van der Waals surface area contributed by atoms with E-state index in [2.05, 4.69) is 10.4 Å². The molecule has 21 heavy (non-hydrogen) atoms. The molecule has 0 radical (unpaired) electrons. The lowest BCUT2D eigenvalue weighted by Gasteiger charge is -2.19. The molecule has 1 aromatic heterocycles. The highest BCUT2D eigenvalue weighted by atomic mass is 16.6. The van der Waals surface area contributed by atoms with Crippen molar-refractivity contribution in [3.8, 4) is 0 Å². The van der Waals surface area contributed by atoms with Crippen molar-refractivity contribution in [2.45, 2.75) is 32.9 Å². The fourth-order valence-electron chi connectivity index (χ4n) is 1.60. The van der Waals surface area contributed by atoms with Crippen LogP contribution in [0, 0.1) is 0 Å². The normalized spacial score (nSPS) is 11.2. The number of aliphatic hydroxyl groups is 1. The smallest absolute Gasteiger partial charge is 0.408 e. The zero-order valence-corrected chi connectivity index (χ0v) is 12.3. The van der Waals surface area contributed by atoms with Gasteiger partial charge in [0.05, 0.1) is 19.7 Å². The van der Waals surface area contributed by atoms with E-state index in [9.17, 15) is 9.59 Å². The number of carbonyl (C=O) groups excluding carboxylic acids is 2. The van der Waals surface area contributed by atoms with Gasteiger partial charge in [0.1, 0.15) is 17.0 Å². The standard InChI is InChI=1S/C12H21N5O4/c1-12(2,3)21-11(20)15-6-7(19)8-9(13)16-17(4-5-18)10(8)14/h18H,4-6,14H2,1-3H3,(H2,13,16)(H,15,20). The molecule has 9 heteroatoms. The number of ether oxygens (including phenoxy) is 1. The molecular formula is C12H21N5O4. The molecule has 0 bridgehead atoms. The lowest BCUT2D eigenvalue weighted by atomic mass is 10.2. The van der Waals surface area contributed by atoms with Gasteiger partial charge in [0, 0.05) is 0 Å². The highest BCUT2D eigenvalue weighted by Crippen LogP contribution is 2.19. The van der Waals surface area contributed by atoms with E-state index in [1.807, 2.05) is 0 Å². The first-order valence-corrected chi connectivity index (χ1v) is 6.38. The van der Waals surface area contributed by atoms with Crippen LogP contribution in [-0.2, 0) is 11.3 Å². The van der Waals surface area contributed by atoms with Crippen molar-refractivity contribution in [3.63, 3.8) is 0 Å². The molecule has 0 saturated heterocycles. The van der Waals surface area contributed by atoms with Crippen molar-refractivity contribution in [2.24, 2.45) is 0 Å². The summed E-state index contributed by atoms with van der Waals surface area (Å²) >= 11 is 0. The second kappa shape index (κ2) is 6.44. The Morgan fingerprint density at radius 2 is 2.00 bits per heavy atom. The van der Waals surface area contributed by atoms with E-state index in [0.717, 1.165) is 0 Å². The number of ketones is 1. The summed E-state index contributed by atoms with van der Waals surface area (Å²) in [6.07, 6.45) is -0.712. The van der Waals surface area contributed by atoms with Gasteiger partial charge in [-0.15, -0.1) is 0 Å². The number of amides is 1. The van der Waals surface area contributed by atoms with Crippen LogP contribution in [0.2, 0.25) is 0 Å². The number of rotatable bonds is 5. The third kappa shape index (κ3) is 4.63. The van der Waals surface area contributed by atoms with Crippen LogP contribution in [0.4, 0.5) is 16.4 Å². The predicted molar refractivity (Wildman–Crippen MR) is 76.7 cm³/mol. The molecule has 9 nitrogen and oxygen atoms in total. The highest BCUT2D eigenvalue weighted by molar-refractivity contribution is 6.06. The average molecular weight is 299 g/mol. The van der Waals surface area contributed by atoms with Gasteiger partial charge < -0.3 is 26.6 Å². The fourth-order valence-corrected chi connectivity index (χ4v) is 1.60. The zero-order valence-electron chi connectivity index (χ0n) is 12.3. The van der Waals surface area contributed by atoms with E-state index in [4.69, 9.17) is 21.3 Å². The quantitative estimate of drug-likeness (QED) is 0.548. The third-order valence-electron chi connectivity index (χ3n) is 2.40. The van der Waals surface area contributed by atoms with Crippen molar-refractivity contribution in [3.05, 3.63) is 5.56 Å². The van der Waals surface area contributed by atoms with Crippen LogP contribution in [-0.4, -0.2) is 45.5 Å². The summed E-state index contributed by atoms with van der Waals surface area (Å²) in [5, 5.41) is 15.0. The van der Waals surface area contributed by atoms with Gasteiger partial charge in [-0.1, -0.05) is 0 Å².